The van der Waals surface area contributed by atoms with Crippen LogP contribution in [0.2, 0.25) is 0 Å². The van der Waals surface area contributed by atoms with Crippen LogP contribution in [0.4, 0.5) is 0 Å². The summed E-state index contributed by atoms with van der Waals surface area (Å²) in [6.45, 7) is 6.10. The Labute approximate surface area is 144 Å². The first-order chi connectivity index (χ1) is 11.6. The summed E-state index contributed by atoms with van der Waals surface area (Å²) in [5.41, 5.74) is 3.09. The van der Waals surface area contributed by atoms with Crippen LogP contribution in [0.1, 0.15) is 41.3 Å². The predicted molar refractivity (Wildman–Crippen MR) is 98.3 cm³/mol. The third-order valence-corrected chi connectivity index (χ3v) is 5.41. The molecule has 0 spiro atoms. The maximum atomic E-state index is 12.8. The molecule has 1 aliphatic rings. The van der Waals surface area contributed by atoms with Crippen molar-refractivity contribution in [1.29, 1.82) is 0 Å². The number of hydrogen-bond acceptors (Lipinski definition) is 2. The minimum absolute atomic E-state index is 0.00907. The van der Waals surface area contributed by atoms with E-state index in [4.69, 9.17) is 0 Å². The maximum Gasteiger partial charge on any atom is 0.251 e. The molecule has 1 fully saturated rings. The second-order valence-corrected chi connectivity index (χ2v) is 6.78. The van der Waals surface area contributed by atoms with E-state index in [1.807, 2.05) is 31.2 Å². The van der Waals surface area contributed by atoms with E-state index >= 15 is 0 Å². The zero-order chi connectivity index (χ0) is 17.0. The van der Waals surface area contributed by atoms with Crippen molar-refractivity contribution >= 4 is 5.91 Å². The van der Waals surface area contributed by atoms with Gasteiger partial charge in [0, 0.05) is 17.0 Å². The molecule has 1 saturated heterocycles. The first kappa shape index (κ1) is 16.7. The molecule has 126 valence electrons. The van der Waals surface area contributed by atoms with E-state index in [0.717, 1.165) is 37.1 Å². The minimum atomic E-state index is -0.00907. The van der Waals surface area contributed by atoms with Gasteiger partial charge in [0.15, 0.2) is 0 Å². The Kier molecular flexibility index (Phi) is 5.00. The molecule has 0 radical (unpaired) electrons. The number of aryl methyl sites for hydroxylation is 1. The summed E-state index contributed by atoms with van der Waals surface area (Å²) < 4.78 is 0. The maximum absolute atomic E-state index is 12.8. The van der Waals surface area contributed by atoms with Crippen molar-refractivity contribution in [2.45, 2.75) is 38.1 Å². The minimum Gasteiger partial charge on any atom is -0.349 e. The molecule has 1 atom stereocenters. The van der Waals surface area contributed by atoms with Crippen molar-refractivity contribution in [1.82, 2.24) is 10.6 Å². The van der Waals surface area contributed by atoms with E-state index in [2.05, 4.69) is 47.9 Å². The number of amides is 1. The summed E-state index contributed by atoms with van der Waals surface area (Å²) in [4.78, 5) is 12.8. The Bertz CT molecular complexity index is 690. The lowest BCUT2D eigenvalue weighted by Gasteiger charge is -2.43. The van der Waals surface area contributed by atoms with E-state index in [1.165, 1.54) is 5.56 Å². The zero-order valence-corrected chi connectivity index (χ0v) is 14.5. The van der Waals surface area contributed by atoms with Crippen LogP contribution in [0.25, 0.3) is 0 Å². The Morgan fingerprint density at radius 3 is 2.33 bits per heavy atom. The van der Waals surface area contributed by atoms with Gasteiger partial charge in [0.2, 0.25) is 0 Å². The van der Waals surface area contributed by atoms with Crippen LogP contribution in [-0.2, 0) is 5.41 Å². The van der Waals surface area contributed by atoms with E-state index in [-0.39, 0.29) is 17.4 Å². The molecular formula is C21H26N2O. The molecule has 0 saturated carbocycles. The predicted octanol–water partition coefficient (Wildman–Crippen LogP) is 3.43. The average Bonchev–Trinajstić information content (AvgIpc) is 2.63. The highest BCUT2D eigenvalue weighted by molar-refractivity contribution is 5.95. The molecule has 1 heterocycles. The molecule has 2 N–H and O–H groups in total. The van der Waals surface area contributed by atoms with Crippen molar-refractivity contribution in [3.8, 4) is 0 Å². The van der Waals surface area contributed by atoms with E-state index in [1.54, 1.807) is 0 Å². The standard InChI is InChI=1S/C21H26N2O/c1-16-8-6-7-11-19(16)20(24)23-17(2)21(12-14-22-15-13-21)18-9-4-3-5-10-18/h3-11,17,22H,12-15H2,1-2H3,(H,23,24). The van der Waals surface area contributed by atoms with Gasteiger partial charge in [-0.1, -0.05) is 48.5 Å². The molecule has 0 aromatic heterocycles. The lowest BCUT2D eigenvalue weighted by molar-refractivity contribution is 0.0906. The first-order valence-corrected chi connectivity index (χ1v) is 8.76. The SMILES string of the molecule is Cc1ccccc1C(=O)NC(C)C1(c2ccccc2)CCNCC1. The van der Waals surface area contributed by atoms with Crippen LogP contribution in [0, 0.1) is 6.92 Å². The Morgan fingerprint density at radius 2 is 1.67 bits per heavy atom. The molecule has 1 aliphatic heterocycles. The summed E-state index contributed by atoms with van der Waals surface area (Å²) in [5, 5.41) is 6.72. The van der Waals surface area contributed by atoms with E-state index < -0.39 is 0 Å². The molecule has 3 heteroatoms. The lowest BCUT2D eigenvalue weighted by atomic mass is 9.68. The number of nitrogens with one attached hydrogen (secondary N) is 2. The Balaban J connectivity index is 1.86. The monoisotopic (exact) mass is 322 g/mol. The van der Waals surface area contributed by atoms with Gasteiger partial charge in [-0.25, -0.2) is 0 Å². The highest BCUT2D eigenvalue weighted by atomic mass is 16.1. The van der Waals surface area contributed by atoms with Crippen molar-refractivity contribution in [2.75, 3.05) is 13.1 Å². The van der Waals surface area contributed by atoms with Crippen molar-refractivity contribution in [3.05, 3.63) is 71.3 Å². The van der Waals surface area contributed by atoms with Gasteiger partial charge in [0.05, 0.1) is 0 Å². The van der Waals surface area contributed by atoms with Gasteiger partial charge >= 0.3 is 0 Å². The number of rotatable bonds is 4. The van der Waals surface area contributed by atoms with E-state index in [9.17, 15) is 4.79 Å². The highest BCUT2D eigenvalue weighted by Gasteiger charge is 2.39. The van der Waals surface area contributed by atoms with Crippen LogP contribution in [0.5, 0.6) is 0 Å². The third kappa shape index (κ3) is 3.22. The van der Waals surface area contributed by atoms with Crippen LogP contribution in [0.15, 0.2) is 54.6 Å². The van der Waals surface area contributed by atoms with Gasteiger partial charge in [-0.3, -0.25) is 4.79 Å². The summed E-state index contributed by atoms with van der Waals surface area (Å²) >= 11 is 0. The molecule has 3 rings (SSSR count). The van der Waals surface area contributed by atoms with Gasteiger partial charge in [-0.2, -0.15) is 0 Å². The lowest BCUT2D eigenvalue weighted by Crippen LogP contribution is -2.53. The number of hydrogen-bond donors (Lipinski definition) is 2. The van der Waals surface area contributed by atoms with Crippen molar-refractivity contribution < 1.29 is 4.79 Å². The van der Waals surface area contributed by atoms with Gasteiger partial charge in [0.1, 0.15) is 0 Å². The normalized spacial score (nSPS) is 17.9. The van der Waals surface area contributed by atoms with Crippen molar-refractivity contribution in [3.63, 3.8) is 0 Å². The summed E-state index contributed by atoms with van der Waals surface area (Å²) in [7, 11) is 0. The summed E-state index contributed by atoms with van der Waals surface area (Å²) in [6, 6.07) is 18.5. The van der Waals surface area contributed by atoms with Crippen LogP contribution < -0.4 is 10.6 Å². The van der Waals surface area contributed by atoms with Gasteiger partial charge < -0.3 is 10.6 Å². The summed E-state index contributed by atoms with van der Waals surface area (Å²) in [5.74, 6) is 0.0226. The third-order valence-electron chi connectivity index (χ3n) is 5.41. The fourth-order valence-electron chi connectivity index (χ4n) is 3.85. The topological polar surface area (TPSA) is 41.1 Å². The molecule has 0 bridgehead atoms. The molecule has 0 aliphatic carbocycles. The molecule has 3 nitrogen and oxygen atoms in total. The fourth-order valence-corrected chi connectivity index (χ4v) is 3.85. The largest absolute Gasteiger partial charge is 0.349 e. The zero-order valence-electron chi connectivity index (χ0n) is 14.5. The van der Waals surface area contributed by atoms with Gasteiger partial charge in [-0.05, 0) is 57.0 Å². The van der Waals surface area contributed by atoms with Crippen LogP contribution in [0.3, 0.4) is 0 Å². The van der Waals surface area contributed by atoms with Crippen LogP contribution in [-0.4, -0.2) is 25.0 Å². The average molecular weight is 322 g/mol. The van der Waals surface area contributed by atoms with Gasteiger partial charge in [-0.15, -0.1) is 0 Å². The quantitative estimate of drug-likeness (QED) is 0.905. The summed E-state index contributed by atoms with van der Waals surface area (Å²) in [6.07, 6.45) is 2.07. The number of carbonyl (C=O) groups is 1. The molecule has 1 amide bonds. The first-order valence-electron chi connectivity index (χ1n) is 8.76. The second-order valence-electron chi connectivity index (χ2n) is 6.78. The smallest absolute Gasteiger partial charge is 0.251 e. The molecule has 24 heavy (non-hydrogen) atoms. The number of piperidine rings is 1. The molecule has 1 unspecified atom stereocenters. The molecule has 2 aromatic rings. The molecule has 2 aromatic carbocycles. The van der Waals surface area contributed by atoms with E-state index in [0.29, 0.717) is 0 Å². The molecular weight excluding hydrogens is 296 g/mol. The fraction of sp³-hybridized carbons (Fsp3) is 0.381. The second kappa shape index (κ2) is 7.18. The van der Waals surface area contributed by atoms with Gasteiger partial charge in [0.25, 0.3) is 5.91 Å². The Hall–Kier alpha value is -2.13. The number of carbonyl (C=O) groups excluding carboxylic acids is 1. The van der Waals surface area contributed by atoms with Crippen molar-refractivity contribution in [2.24, 2.45) is 0 Å². The number of benzene rings is 2. The van der Waals surface area contributed by atoms with Crippen LogP contribution >= 0.6 is 0 Å². The Morgan fingerprint density at radius 1 is 1.04 bits per heavy atom. The highest BCUT2D eigenvalue weighted by Crippen LogP contribution is 2.37.